The lowest BCUT2D eigenvalue weighted by molar-refractivity contribution is -0.121. The molecule has 0 fully saturated rings. The van der Waals surface area contributed by atoms with Crippen molar-refractivity contribution in [1.82, 2.24) is 5.32 Å². The quantitative estimate of drug-likeness (QED) is 0.865. The van der Waals surface area contributed by atoms with Gasteiger partial charge in [0.2, 0.25) is 15.9 Å². The molecule has 0 aliphatic rings. The summed E-state index contributed by atoms with van der Waals surface area (Å²) < 4.78 is 25.9. The summed E-state index contributed by atoms with van der Waals surface area (Å²) in [5.74, 6) is -0.309. The molecular weight excluding hydrogens is 312 g/mol. The third kappa shape index (κ3) is 5.53. The van der Waals surface area contributed by atoms with E-state index in [-0.39, 0.29) is 12.5 Å². The van der Waals surface area contributed by atoms with Crippen molar-refractivity contribution in [1.29, 1.82) is 0 Å². The molecule has 130 valence electrons. The normalized spacial score (nSPS) is 12.1. The maximum atomic E-state index is 12.3. The molecular formula is C17H28N2O3S. The van der Waals surface area contributed by atoms with Gasteiger partial charge in [-0.05, 0) is 44.7 Å². The van der Waals surface area contributed by atoms with Crippen molar-refractivity contribution in [2.45, 2.75) is 53.0 Å². The second-order valence-corrected chi connectivity index (χ2v) is 8.61. The molecule has 6 heteroatoms. The number of rotatable bonds is 6. The summed E-state index contributed by atoms with van der Waals surface area (Å²) in [4.78, 5) is 12.3. The van der Waals surface area contributed by atoms with Gasteiger partial charge in [0.25, 0.3) is 0 Å². The number of nitrogens with zero attached hydrogens (tertiary/aromatic N) is 1. The smallest absolute Gasteiger partial charge is 0.241 e. The minimum atomic E-state index is -3.56. The summed E-state index contributed by atoms with van der Waals surface area (Å²) in [7, 11) is -3.56. The fourth-order valence-corrected chi connectivity index (χ4v) is 3.40. The molecule has 0 aliphatic carbocycles. The second-order valence-electron chi connectivity index (χ2n) is 6.70. The van der Waals surface area contributed by atoms with Gasteiger partial charge in [-0.3, -0.25) is 9.10 Å². The number of benzene rings is 1. The third-order valence-corrected chi connectivity index (χ3v) is 4.53. The van der Waals surface area contributed by atoms with E-state index < -0.39 is 15.6 Å². The van der Waals surface area contributed by atoms with Crippen molar-refractivity contribution in [3.63, 3.8) is 0 Å². The van der Waals surface area contributed by atoms with Gasteiger partial charge in [-0.25, -0.2) is 8.42 Å². The van der Waals surface area contributed by atoms with Crippen LogP contribution in [0.25, 0.3) is 0 Å². The van der Waals surface area contributed by atoms with Crippen LogP contribution in [0, 0.1) is 0 Å². The van der Waals surface area contributed by atoms with Gasteiger partial charge in [-0.2, -0.15) is 0 Å². The number of hydrogen-bond donors (Lipinski definition) is 1. The van der Waals surface area contributed by atoms with Crippen molar-refractivity contribution in [3.05, 3.63) is 29.3 Å². The molecule has 1 aromatic carbocycles. The zero-order chi connectivity index (χ0) is 17.8. The zero-order valence-corrected chi connectivity index (χ0v) is 15.8. The Balaban J connectivity index is 3.32. The summed E-state index contributed by atoms with van der Waals surface area (Å²) in [6, 6.07) is 5.75. The van der Waals surface area contributed by atoms with Crippen LogP contribution < -0.4 is 9.62 Å². The van der Waals surface area contributed by atoms with E-state index in [0.717, 1.165) is 17.4 Å². The number of carbonyl (C=O) groups is 1. The van der Waals surface area contributed by atoms with Crippen LogP contribution in [-0.2, 0) is 27.7 Å². The SMILES string of the molecule is CCc1cccc(CC)c1N(CC(=O)NC(C)(C)C)S(C)(=O)=O. The molecule has 0 aromatic heterocycles. The van der Waals surface area contributed by atoms with Gasteiger partial charge in [0.15, 0.2) is 0 Å². The van der Waals surface area contributed by atoms with E-state index in [9.17, 15) is 13.2 Å². The fraction of sp³-hybridized carbons (Fsp3) is 0.588. The number of para-hydroxylation sites is 1. The highest BCUT2D eigenvalue weighted by atomic mass is 32.2. The first-order valence-corrected chi connectivity index (χ1v) is 9.74. The van der Waals surface area contributed by atoms with Gasteiger partial charge in [0.05, 0.1) is 11.9 Å². The number of sulfonamides is 1. The van der Waals surface area contributed by atoms with E-state index in [2.05, 4.69) is 5.32 Å². The number of aryl methyl sites for hydroxylation is 2. The Labute approximate surface area is 140 Å². The van der Waals surface area contributed by atoms with E-state index in [1.165, 1.54) is 4.31 Å². The highest BCUT2D eigenvalue weighted by molar-refractivity contribution is 7.92. The molecule has 1 rings (SSSR count). The third-order valence-electron chi connectivity index (χ3n) is 3.42. The van der Waals surface area contributed by atoms with Gasteiger partial charge >= 0.3 is 0 Å². The van der Waals surface area contributed by atoms with Crippen molar-refractivity contribution >= 4 is 21.6 Å². The Kier molecular flexibility index (Phi) is 6.22. The molecule has 23 heavy (non-hydrogen) atoms. The zero-order valence-electron chi connectivity index (χ0n) is 14.9. The van der Waals surface area contributed by atoms with E-state index in [0.29, 0.717) is 18.5 Å². The predicted molar refractivity (Wildman–Crippen MR) is 95.3 cm³/mol. The first-order valence-electron chi connectivity index (χ1n) is 7.89. The number of nitrogens with one attached hydrogen (secondary N) is 1. The Bertz CT molecular complexity index is 639. The highest BCUT2D eigenvalue weighted by Crippen LogP contribution is 2.28. The maximum absolute atomic E-state index is 12.3. The number of carbonyl (C=O) groups excluding carboxylic acids is 1. The minimum absolute atomic E-state index is 0.208. The van der Waals surface area contributed by atoms with Crippen LogP contribution >= 0.6 is 0 Å². The molecule has 0 saturated heterocycles. The Morgan fingerprint density at radius 3 is 1.96 bits per heavy atom. The summed E-state index contributed by atoms with van der Waals surface area (Å²) in [6.45, 7) is 9.36. The lowest BCUT2D eigenvalue weighted by Crippen LogP contribution is -2.47. The van der Waals surface area contributed by atoms with Crippen LogP contribution in [0.3, 0.4) is 0 Å². The highest BCUT2D eigenvalue weighted by Gasteiger charge is 2.26. The molecule has 0 heterocycles. The van der Waals surface area contributed by atoms with Crippen LogP contribution in [0.2, 0.25) is 0 Å². The van der Waals surface area contributed by atoms with Crippen LogP contribution in [-0.4, -0.2) is 32.7 Å². The van der Waals surface area contributed by atoms with Crippen LogP contribution in [0.15, 0.2) is 18.2 Å². The van der Waals surface area contributed by atoms with E-state index in [1.807, 2.05) is 52.8 Å². The summed E-state index contributed by atoms with van der Waals surface area (Å²) >= 11 is 0. The van der Waals surface area contributed by atoms with Crippen LogP contribution in [0.5, 0.6) is 0 Å². The van der Waals surface area contributed by atoms with Gasteiger partial charge in [-0.1, -0.05) is 32.0 Å². The molecule has 1 aromatic rings. The summed E-state index contributed by atoms with van der Waals surface area (Å²) in [6.07, 6.45) is 2.55. The molecule has 0 saturated carbocycles. The average molecular weight is 340 g/mol. The van der Waals surface area contributed by atoms with Crippen molar-refractivity contribution in [2.75, 3.05) is 17.1 Å². The molecule has 0 unspecified atom stereocenters. The maximum Gasteiger partial charge on any atom is 0.241 e. The molecule has 0 radical (unpaired) electrons. The molecule has 0 atom stereocenters. The standard InChI is InChI=1S/C17H28N2O3S/c1-7-13-10-9-11-14(8-2)16(13)19(23(6,21)22)12-15(20)18-17(3,4)5/h9-11H,7-8,12H2,1-6H3,(H,18,20). The molecule has 1 amide bonds. The predicted octanol–water partition coefficient (Wildman–Crippen LogP) is 2.49. The lowest BCUT2D eigenvalue weighted by atomic mass is 10.0. The van der Waals surface area contributed by atoms with Gasteiger partial charge in [0, 0.05) is 5.54 Å². The summed E-state index contributed by atoms with van der Waals surface area (Å²) in [5.41, 5.74) is 2.10. The Morgan fingerprint density at radius 1 is 1.13 bits per heavy atom. The molecule has 5 nitrogen and oxygen atoms in total. The van der Waals surface area contributed by atoms with Gasteiger partial charge < -0.3 is 5.32 Å². The lowest BCUT2D eigenvalue weighted by Gasteiger charge is -2.28. The average Bonchev–Trinajstić information content (AvgIpc) is 2.40. The van der Waals surface area contributed by atoms with Crippen molar-refractivity contribution in [3.8, 4) is 0 Å². The fourth-order valence-electron chi connectivity index (χ4n) is 2.49. The topological polar surface area (TPSA) is 66.5 Å². The first kappa shape index (κ1) is 19.5. The molecule has 0 bridgehead atoms. The van der Waals surface area contributed by atoms with Crippen molar-refractivity contribution < 1.29 is 13.2 Å². The first-order chi connectivity index (χ1) is 10.5. The van der Waals surface area contributed by atoms with E-state index in [4.69, 9.17) is 0 Å². The summed E-state index contributed by atoms with van der Waals surface area (Å²) in [5, 5.41) is 2.82. The largest absolute Gasteiger partial charge is 0.350 e. The molecule has 0 aliphatic heterocycles. The number of amides is 1. The Hall–Kier alpha value is -1.56. The van der Waals surface area contributed by atoms with Crippen LogP contribution in [0.4, 0.5) is 5.69 Å². The second kappa shape index (κ2) is 7.34. The van der Waals surface area contributed by atoms with Crippen LogP contribution in [0.1, 0.15) is 45.7 Å². The number of anilines is 1. The van der Waals surface area contributed by atoms with Gasteiger partial charge in [-0.15, -0.1) is 0 Å². The molecule has 0 spiro atoms. The minimum Gasteiger partial charge on any atom is -0.350 e. The Morgan fingerprint density at radius 2 is 1.61 bits per heavy atom. The molecule has 1 N–H and O–H groups in total. The van der Waals surface area contributed by atoms with Crippen molar-refractivity contribution in [2.24, 2.45) is 0 Å². The van der Waals surface area contributed by atoms with E-state index in [1.54, 1.807) is 0 Å². The van der Waals surface area contributed by atoms with Gasteiger partial charge in [0.1, 0.15) is 6.54 Å². The number of hydrogen-bond acceptors (Lipinski definition) is 3. The monoisotopic (exact) mass is 340 g/mol. The van der Waals surface area contributed by atoms with E-state index >= 15 is 0 Å².